The number of hydrogen-bond donors (Lipinski definition) is 1. The highest BCUT2D eigenvalue weighted by Gasteiger charge is 2.25. The van der Waals surface area contributed by atoms with Gasteiger partial charge in [-0.1, -0.05) is 19.8 Å². The third-order valence-electron chi connectivity index (χ3n) is 4.11. The molecule has 0 aromatic heterocycles. The van der Waals surface area contributed by atoms with Crippen LogP contribution >= 0.6 is 0 Å². The van der Waals surface area contributed by atoms with Gasteiger partial charge in [0.25, 0.3) is 0 Å². The molecule has 0 spiro atoms. The first-order valence-corrected chi connectivity index (χ1v) is 7.23. The first kappa shape index (κ1) is 12.4. The summed E-state index contributed by atoms with van der Waals surface area (Å²) in [7, 11) is 0. The van der Waals surface area contributed by atoms with Crippen LogP contribution in [0.5, 0.6) is 0 Å². The minimum atomic E-state index is 0.551. The van der Waals surface area contributed by atoms with Gasteiger partial charge in [-0.3, -0.25) is 0 Å². The fraction of sp³-hybridized carbons (Fsp3) is 1.00. The lowest BCUT2D eigenvalue weighted by molar-refractivity contribution is 0.0335. The average Bonchev–Trinajstić information content (AvgIpc) is 2.95. The van der Waals surface area contributed by atoms with E-state index in [2.05, 4.69) is 12.2 Å². The molecule has 0 bridgehead atoms. The van der Waals surface area contributed by atoms with Crippen molar-refractivity contribution in [3.63, 3.8) is 0 Å². The molecule has 2 fully saturated rings. The second-order valence-electron chi connectivity index (χ2n) is 5.57. The highest BCUT2D eigenvalue weighted by molar-refractivity contribution is 4.81. The molecule has 94 valence electrons. The van der Waals surface area contributed by atoms with Crippen molar-refractivity contribution in [2.75, 3.05) is 13.2 Å². The Morgan fingerprint density at radius 2 is 1.94 bits per heavy atom. The molecular weight excluding hydrogens is 198 g/mol. The average molecular weight is 225 g/mol. The van der Waals surface area contributed by atoms with Gasteiger partial charge in [-0.15, -0.1) is 0 Å². The van der Waals surface area contributed by atoms with Crippen molar-refractivity contribution < 1.29 is 4.74 Å². The molecular formula is C14H27NO. The minimum absolute atomic E-state index is 0.551. The Bertz CT molecular complexity index is 189. The van der Waals surface area contributed by atoms with Crippen molar-refractivity contribution in [1.82, 2.24) is 5.32 Å². The van der Waals surface area contributed by atoms with Crippen molar-refractivity contribution in [2.24, 2.45) is 5.92 Å². The van der Waals surface area contributed by atoms with Gasteiger partial charge >= 0.3 is 0 Å². The fourth-order valence-electron chi connectivity index (χ4n) is 3.07. The van der Waals surface area contributed by atoms with E-state index in [4.69, 9.17) is 4.74 Å². The molecule has 0 aromatic rings. The molecule has 2 saturated carbocycles. The van der Waals surface area contributed by atoms with E-state index in [0.717, 1.165) is 18.6 Å². The molecule has 0 aromatic carbocycles. The van der Waals surface area contributed by atoms with E-state index in [1.54, 1.807) is 0 Å². The van der Waals surface area contributed by atoms with Gasteiger partial charge in [-0.2, -0.15) is 0 Å². The maximum absolute atomic E-state index is 6.06. The smallest absolute Gasteiger partial charge is 0.0590 e. The molecule has 0 amide bonds. The van der Waals surface area contributed by atoms with Gasteiger partial charge in [0.05, 0.1) is 6.10 Å². The second-order valence-corrected chi connectivity index (χ2v) is 5.57. The molecule has 2 unspecified atom stereocenters. The number of ether oxygens (including phenoxy) is 1. The lowest BCUT2D eigenvalue weighted by atomic mass is 10.1. The van der Waals surface area contributed by atoms with E-state index in [1.807, 2.05) is 0 Å². The molecule has 0 radical (unpaired) electrons. The topological polar surface area (TPSA) is 21.3 Å². The van der Waals surface area contributed by atoms with Crippen LogP contribution in [0.2, 0.25) is 0 Å². The Labute approximate surface area is 100 Å². The van der Waals surface area contributed by atoms with Gasteiger partial charge in [0.2, 0.25) is 0 Å². The minimum Gasteiger partial charge on any atom is -0.378 e. The number of rotatable bonds is 6. The van der Waals surface area contributed by atoms with Crippen molar-refractivity contribution >= 4 is 0 Å². The third-order valence-corrected chi connectivity index (χ3v) is 4.11. The van der Waals surface area contributed by atoms with Gasteiger partial charge in [0.15, 0.2) is 0 Å². The standard InChI is InChI=1S/C14H27NO/c1-2-9-15-13-7-8-14(10-13)16-11-12-5-3-4-6-12/h12-15H,2-11H2,1H3. The molecule has 2 nitrogen and oxygen atoms in total. The van der Waals surface area contributed by atoms with Gasteiger partial charge in [0.1, 0.15) is 0 Å². The molecule has 1 N–H and O–H groups in total. The zero-order chi connectivity index (χ0) is 11.2. The first-order chi connectivity index (χ1) is 7.88. The van der Waals surface area contributed by atoms with E-state index in [0.29, 0.717) is 6.10 Å². The van der Waals surface area contributed by atoms with Crippen LogP contribution in [-0.2, 0) is 4.74 Å². The van der Waals surface area contributed by atoms with Crippen LogP contribution in [0.4, 0.5) is 0 Å². The summed E-state index contributed by atoms with van der Waals surface area (Å²) < 4.78 is 6.06. The number of nitrogens with one attached hydrogen (secondary N) is 1. The Morgan fingerprint density at radius 3 is 2.69 bits per heavy atom. The summed E-state index contributed by atoms with van der Waals surface area (Å²) in [6.07, 6.45) is 11.3. The summed E-state index contributed by atoms with van der Waals surface area (Å²) in [5.74, 6) is 0.877. The van der Waals surface area contributed by atoms with Crippen LogP contribution in [0.25, 0.3) is 0 Å². The van der Waals surface area contributed by atoms with Crippen LogP contribution < -0.4 is 5.32 Å². The molecule has 2 aliphatic carbocycles. The number of hydrogen-bond acceptors (Lipinski definition) is 2. The summed E-state index contributed by atoms with van der Waals surface area (Å²) in [5, 5.41) is 3.61. The van der Waals surface area contributed by atoms with Crippen LogP contribution in [0.3, 0.4) is 0 Å². The molecule has 0 saturated heterocycles. The Balaban J connectivity index is 1.57. The van der Waals surface area contributed by atoms with Crippen molar-refractivity contribution in [2.45, 2.75) is 70.4 Å². The lowest BCUT2D eigenvalue weighted by Crippen LogP contribution is -2.28. The normalized spacial score (nSPS) is 31.3. The SMILES string of the molecule is CCCNC1CCC(OCC2CCCC2)C1. The molecule has 0 heterocycles. The van der Waals surface area contributed by atoms with E-state index >= 15 is 0 Å². The third kappa shape index (κ3) is 3.74. The summed E-state index contributed by atoms with van der Waals surface area (Å²) in [4.78, 5) is 0. The quantitative estimate of drug-likeness (QED) is 0.750. The van der Waals surface area contributed by atoms with Crippen LogP contribution in [0, 0.1) is 5.92 Å². The lowest BCUT2D eigenvalue weighted by Gasteiger charge is -2.16. The Kier molecular flexibility index (Phi) is 5.11. The molecule has 2 heteroatoms. The van der Waals surface area contributed by atoms with Gasteiger partial charge in [0, 0.05) is 12.6 Å². The van der Waals surface area contributed by atoms with Crippen molar-refractivity contribution in [1.29, 1.82) is 0 Å². The van der Waals surface area contributed by atoms with Crippen molar-refractivity contribution in [3.8, 4) is 0 Å². The summed E-state index contributed by atoms with van der Waals surface area (Å²) >= 11 is 0. The monoisotopic (exact) mass is 225 g/mol. The summed E-state index contributed by atoms with van der Waals surface area (Å²) in [6.45, 7) is 4.43. The molecule has 16 heavy (non-hydrogen) atoms. The van der Waals surface area contributed by atoms with Gasteiger partial charge in [-0.05, 0) is 51.0 Å². The molecule has 0 aliphatic heterocycles. The fourth-order valence-corrected chi connectivity index (χ4v) is 3.07. The zero-order valence-corrected chi connectivity index (χ0v) is 10.7. The van der Waals surface area contributed by atoms with Crippen LogP contribution in [-0.4, -0.2) is 25.3 Å². The first-order valence-electron chi connectivity index (χ1n) is 7.23. The van der Waals surface area contributed by atoms with E-state index in [1.165, 1.54) is 57.9 Å². The largest absolute Gasteiger partial charge is 0.378 e. The second kappa shape index (κ2) is 6.61. The van der Waals surface area contributed by atoms with Crippen molar-refractivity contribution in [3.05, 3.63) is 0 Å². The maximum Gasteiger partial charge on any atom is 0.0590 e. The van der Waals surface area contributed by atoms with E-state index in [-0.39, 0.29) is 0 Å². The highest BCUT2D eigenvalue weighted by atomic mass is 16.5. The molecule has 2 atom stereocenters. The van der Waals surface area contributed by atoms with E-state index < -0.39 is 0 Å². The highest BCUT2D eigenvalue weighted by Crippen LogP contribution is 2.28. The zero-order valence-electron chi connectivity index (χ0n) is 10.7. The molecule has 2 aliphatic rings. The van der Waals surface area contributed by atoms with Crippen LogP contribution in [0.1, 0.15) is 58.3 Å². The molecule has 2 rings (SSSR count). The maximum atomic E-state index is 6.06. The van der Waals surface area contributed by atoms with E-state index in [9.17, 15) is 0 Å². The Hall–Kier alpha value is -0.0800. The van der Waals surface area contributed by atoms with Gasteiger partial charge < -0.3 is 10.1 Å². The summed E-state index contributed by atoms with van der Waals surface area (Å²) in [5.41, 5.74) is 0. The predicted molar refractivity (Wildman–Crippen MR) is 67.6 cm³/mol. The Morgan fingerprint density at radius 1 is 1.12 bits per heavy atom. The van der Waals surface area contributed by atoms with Crippen LogP contribution in [0.15, 0.2) is 0 Å². The predicted octanol–water partition coefficient (Wildman–Crippen LogP) is 3.11. The summed E-state index contributed by atoms with van der Waals surface area (Å²) in [6, 6.07) is 0.730. The van der Waals surface area contributed by atoms with Gasteiger partial charge in [-0.25, -0.2) is 0 Å².